The molecule has 5 heteroatoms. The Bertz CT molecular complexity index is 715. The van der Waals surface area contributed by atoms with E-state index in [1.54, 1.807) is 0 Å². The lowest BCUT2D eigenvalue weighted by Crippen LogP contribution is -2.44. The first-order chi connectivity index (χ1) is 11.9. The van der Waals surface area contributed by atoms with Crippen LogP contribution in [0.2, 0.25) is 0 Å². The summed E-state index contributed by atoms with van der Waals surface area (Å²) in [6.07, 6.45) is 0. The highest BCUT2D eigenvalue weighted by Gasteiger charge is 2.11. The molecular weight excluding hydrogens is 310 g/mol. The predicted octanol–water partition coefficient (Wildman–Crippen LogP) is 3.59. The molecule has 1 aromatic carbocycles. The van der Waals surface area contributed by atoms with Gasteiger partial charge in [-0.3, -0.25) is 0 Å². The predicted molar refractivity (Wildman–Crippen MR) is 105 cm³/mol. The number of hydrogen-bond donors (Lipinski definition) is 2. The number of aromatic nitrogens is 2. The third-order valence-electron chi connectivity index (χ3n) is 4.35. The van der Waals surface area contributed by atoms with Gasteiger partial charge in [-0.15, -0.1) is 0 Å². The molecule has 0 fully saturated rings. The largest absolute Gasteiger partial charge is 0.357 e. The fourth-order valence-electron chi connectivity index (χ4n) is 2.59. The topological polar surface area (TPSA) is 54.2 Å². The highest BCUT2D eigenvalue weighted by molar-refractivity contribution is 5.80. The van der Waals surface area contributed by atoms with Gasteiger partial charge < -0.3 is 10.6 Å². The molecule has 1 heterocycles. The number of guanidine groups is 1. The maximum absolute atomic E-state index is 4.78. The van der Waals surface area contributed by atoms with Crippen molar-refractivity contribution in [3.05, 3.63) is 47.3 Å². The number of rotatable bonds is 6. The number of nitrogens with zero attached hydrogens (tertiary/aromatic N) is 3. The minimum Gasteiger partial charge on any atom is -0.357 e. The molecule has 1 atom stereocenters. The van der Waals surface area contributed by atoms with Gasteiger partial charge in [0.15, 0.2) is 5.96 Å². The molecule has 5 nitrogen and oxygen atoms in total. The number of aliphatic imine (C=N–C) groups is 1. The van der Waals surface area contributed by atoms with Crippen molar-refractivity contribution in [2.75, 3.05) is 6.54 Å². The highest BCUT2D eigenvalue weighted by atomic mass is 15.3. The van der Waals surface area contributed by atoms with Crippen molar-refractivity contribution in [2.24, 2.45) is 10.9 Å². The van der Waals surface area contributed by atoms with Gasteiger partial charge in [-0.25, -0.2) is 9.67 Å². The Kier molecular flexibility index (Phi) is 6.62. The van der Waals surface area contributed by atoms with E-state index in [4.69, 9.17) is 4.99 Å². The summed E-state index contributed by atoms with van der Waals surface area (Å²) in [6.45, 7) is 14.2. The van der Waals surface area contributed by atoms with E-state index in [9.17, 15) is 0 Å². The lowest BCUT2D eigenvalue weighted by molar-refractivity contribution is 0.481. The van der Waals surface area contributed by atoms with Crippen molar-refractivity contribution in [3.8, 4) is 5.69 Å². The molecule has 0 aliphatic carbocycles. The van der Waals surface area contributed by atoms with Crippen LogP contribution in [0.25, 0.3) is 5.69 Å². The molecule has 0 saturated heterocycles. The lowest BCUT2D eigenvalue weighted by Gasteiger charge is -2.21. The minimum absolute atomic E-state index is 0.365. The second-order valence-electron chi connectivity index (χ2n) is 6.84. The summed E-state index contributed by atoms with van der Waals surface area (Å²) in [4.78, 5) is 4.78. The van der Waals surface area contributed by atoms with Crippen LogP contribution in [0, 0.1) is 19.8 Å². The van der Waals surface area contributed by atoms with Gasteiger partial charge in [0.05, 0.1) is 17.9 Å². The van der Waals surface area contributed by atoms with Crippen LogP contribution in [0.5, 0.6) is 0 Å². The first kappa shape index (κ1) is 19.0. The molecule has 1 aromatic heterocycles. The normalized spacial score (nSPS) is 13.2. The SMILES string of the molecule is CCNC(=NCc1ccccc1-n1nc(C)cc1C)NC(C)C(C)C. The molecule has 0 radical (unpaired) electrons. The van der Waals surface area contributed by atoms with E-state index < -0.39 is 0 Å². The third-order valence-corrected chi connectivity index (χ3v) is 4.35. The zero-order valence-corrected chi connectivity index (χ0v) is 16.3. The van der Waals surface area contributed by atoms with Crippen LogP contribution >= 0.6 is 0 Å². The zero-order valence-electron chi connectivity index (χ0n) is 16.3. The molecule has 2 N–H and O–H groups in total. The summed E-state index contributed by atoms with van der Waals surface area (Å²) < 4.78 is 2.00. The monoisotopic (exact) mass is 341 g/mol. The molecule has 2 aromatic rings. The smallest absolute Gasteiger partial charge is 0.191 e. The fourth-order valence-corrected chi connectivity index (χ4v) is 2.59. The van der Waals surface area contributed by atoms with Gasteiger partial charge in [0.1, 0.15) is 0 Å². The average Bonchev–Trinajstić information content (AvgIpc) is 2.91. The summed E-state index contributed by atoms with van der Waals surface area (Å²) in [6, 6.07) is 10.8. The van der Waals surface area contributed by atoms with Gasteiger partial charge in [0, 0.05) is 18.3 Å². The van der Waals surface area contributed by atoms with E-state index in [1.807, 2.05) is 17.7 Å². The molecule has 0 saturated carbocycles. The van der Waals surface area contributed by atoms with E-state index in [0.717, 1.165) is 35.1 Å². The van der Waals surface area contributed by atoms with E-state index in [-0.39, 0.29) is 0 Å². The molecule has 2 rings (SSSR count). The number of hydrogen-bond acceptors (Lipinski definition) is 2. The molecule has 0 amide bonds. The Balaban J connectivity index is 2.25. The standard InChI is InChI=1S/C20H31N5/c1-7-21-20(23-17(6)14(2)3)22-13-18-10-8-9-11-19(18)25-16(5)12-15(4)24-25/h8-12,14,17H,7,13H2,1-6H3,(H2,21,22,23). The Morgan fingerprint density at radius 2 is 1.92 bits per heavy atom. The van der Waals surface area contributed by atoms with Gasteiger partial charge in [-0.1, -0.05) is 32.0 Å². The van der Waals surface area contributed by atoms with Gasteiger partial charge in [0.25, 0.3) is 0 Å². The summed E-state index contributed by atoms with van der Waals surface area (Å²) >= 11 is 0. The quantitative estimate of drug-likeness (QED) is 0.624. The molecule has 1 unspecified atom stereocenters. The Morgan fingerprint density at radius 1 is 1.20 bits per heavy atom. The first-order valence-corrected chi connectivity index (χ1v) is 9.08. The summed E-state index contributed by atoms with van der Waals surface area (Å²) in [5, 5.41) is 11.4. The number of aryl methyl sites for hydroxylation is 2. The average molecular weight is 342 g/mol. The van der Waals surface area contributed by atoms with Crippen molar-refractivity contribution in [2.45, 2.75) is 54.1 Å². The third kappa shape index (κ3) is 5.08. The Labute approximate surface area is 151 Å². The van der Waals surface area contributed by atoms with Crippen molar-refractivity contribution >= 4 is 5.96 Å². The summed E-state index contributed by atoms with van der Waals surface area (Å²) in [5.41, 5.74) is 4.40. The second-order valence-corrected chi connectivity index (χ2v) is 6.84. The van der Waals surface area contributed by atoms with Crippen LogP contribution < -0.4 is 10.6 Å². The lowest BCUT2D eigenvalue weighted by atomic mass is 10.1. The number of nitrogens with one attached hydrogen (secondary N) is 2. The second kappa shape index (κ2) is 8.70. The van der Waals surface area contributed by atoms with E-state index in [1.165, 1.54) is 0 Å². The molecule has 0 aliphatic heterocycles. The van der Waals surface area contributed by atoms with Gasteiger partial charge in [0.2, 0.25) is 0 Å². The minimum atomic E-state index is 0.365. The number of para-hydroxylation sites is 1. The summed E-state index contributed by atoms with van der Waals surface area (Å²) in [7, 11) is 0. The molecule has 0 bridgehead atoms. The highest BCUT2D eigenvalue weighted by Crippen LogP contribution is 2.17. The zero-order chi connectivity index (χ0) is 18.4. The van der Waals surface area contributed by atoms with Crippen molar-refractivity contribution in [3.63, 3.8) is 0 Å². The van der Waals surface area contributed by atoms with Gasteiger partial charge in [-0.05, 0) is 51.3 Å². The van der Waals surface area contributed by atoms with Crippen molar-refractivity contribution in [1.29, 1.82) is 0 Å². The first-order valence-electron chi connectivity index (χ1n) is 9.08. The van der Waals surface area contributed by atoms with E-state index in [0.29, 0.717) is 18.5 Å². The fraction of sp³-hybridized carbons (Fsp3) is 0.500. The van der Waals surface area contributed by atoms with E-state index >= 15 is 0 Å². The van der Waals surface area contributed by atoms with Crippen LogP contribution in [0.3, 0.4) is 0 Å². The van der Waals surface area contributed by atoms with Crippen LogP contribution in [0.15, 0.2) is 35.3 Å². The Morgan fingerprint density at radius 3 is 2.52 bits per heavy atom. The van der Waals surface area contributed by atoms with Crippen molar-refractivity contribution < 1.29 is 0 Å². The molecule has 0 spiro atoms. The maximum Gasteiger partial charge on any atom is 0.191 e. The van der Waals surface area contributed by atoms with Gasteiger partial charge in [-0.2, -0.15) is 5.10 Å². The van der Waals surface area contributed by atoms with E-state index in [2.05, 4.69) is 74.6 Å². The van der Waals surface area contributed by atoms with Crippen molar-refractivity contribution in [1.82, 2.24) is 20.4 Å². The molecule has 25 heavy (non-hydrogen) atoms. The number of benzene rings is 1. The Hall–Kier alpha value is -2.30. The van der Waals surface area contributed by atoms with Crippen LogP contribution in [0.1, 0.15) is 44.6 Å². The summed E-state index contributed by atoms with van der Waals surface area (Å²) in [5.74, 6) is 1.40. The van der Waals surface area contributed by atoms with Crippen LogP contribution in [-0.2, 0) is 6.54 Å². The molecule has 136 valence electrons. The van der Waals surface area contributed by atoms with Crippen LogP contribution in [-0.4, -0.2) is 28.3 Å². The molecular formula is C20H31N5. The van der Waals surface area contributed by atoms with Gasteiger partial charge >= 0.3 is 0 Å². The van der Waals surface area contributed by atoms with Crippen LogP contribution in [0.4, 0.5) is 0 Å². The maximum atomic E-state index is 4.78. The molecule has 0 aliphatic rings.